The first-order chi connectivity index (χ1) is 14.5. The van der Waals surface area contributed by atoms with E-state index >= 15 is 0 Å². The van der Waals surface area contributed by atoms with Crippen LogP contribution in [0.25, 0.3) is 11.0 Å². The first-order valence-corrected chi connectivity index (χ1v) is 10.4. The van der Waals surface area contributed by atoms with E-state index in [1.54, 1.807) is 13.3 Å². The molecule has 2 atom stereocenters. The summed E-state index contributed by atoms with van der Waals surface area (Å²) in [6, 6.07) is 12.5. The molecule has 0 spiro atoms. The van der Waals surface area contributed by atoms with Gasteiger partial charge < -0.3 is 9.64 Å². The van der Waals surface area contributed by atoms with Crippen LogP contribution in [0, 0.1) is 13.8 Å². The van der Waals surface area contributed by atoms with Gasteiger partial charge in [-0.3, -0.25) is 14.7 Å². The number of rotatable bonds is 4. The third kappa shape index (κ3) is 3.12. The highest BCUT2D eigenvalue weighted by molar-refractivity contribution is 5.94. The minimum Gasteiger partial charge on any atom is -0.496 e. The van der Waals surface area contributed by atoms with E-state index in [0.29, 0.717) is 11.7 Å². The van der Waals surface area contributed by atoms with Crippen LogP contribution in [-0.4, -0.2) is 58.0 Å². The molecule has 0 N–H and O–H groups in total. The zero-order valence-electron chi connectivity index (χ0n) is 17.6. The van der Waals surface area contributed by atoms with E-state index < -0.39 is 0 Å². The number of hydrogen-bond donors (Lipinski definition) is 0. The zero-order chi connectivity index (χ0) is 20.8. The molecule has 2 aromatic carbocycles. The molecule has 6 heteroatoms. The van der Waals surface area contributed by atoms with Crippen molar-refractivity contribution >= 4 is 16.9 Å². The van der Waals surface area contributed by atoms with E-state index in [1.807, 2.05) is 29.2 Å². The predicted molar refractivity (Wildman–Crippen MR) is 116 cm³/mol. The Hall–Kier alpha value is -2.99. The van der Waals surface area contributed by atoms with Crippen LogP contribution in [0.15, 0.2) is 42.6 Å². The zero-order valence-corrected chi connectivity index (χ0v) is 17.6. The van der Waals surface area contributed by atoms with E-state index in [-0.39, 0.29) is 11.9 Å². The van der Waals surface area contributed by atoms with E-state index in [9.17, 15) is 4.79 Å². The Morgan fingerprint density at radius 1 is 1.07 bits per heavy atom. The molecule has 2 fully saturated rings. The molecule has 0 unspecified atom stereocenters. The lowest BCUT2D eigenvalue weighted by Crippen LogP contribution is -2.48. The van der Waals surface area contributed by atoms with Gasteiger partial charge in [0.25, 0.3) is 5.91 Å². The number of carbonyl (C=O) groups is 1. The Bertz CT molecular complexity index is 1130. The van der Waals surface area contributed by atoms with Gasteiger partial charge in [0, 0.05) is 31.7 Å². The van der Waals surface area contributed by atoms with Crippen molar-refractivity contribution in [2.24, 2.45) is 0 Å². The minimum atomic E-state index is -0.00289. The summed E-state index contributed by atoms with van der Waals surface area (Å²) in [5, 5.41) is 0. The van der Waals surface area contributed by atoms with Gasteiger partial charge in [-0.25, -0.2) is 4.98 Å². The molecular formula is C24H26N4O2. The summed E-state index contributed by atoms with van der Waals surface area (Å²) in [4.78, 5) is 26.6. The highest BCUT2D eigenvalue weighted by atomic mass is 16.5. The van der Waals surface area contributed by atoms with Crippen LogP contribution in [0.1, 0.15) is 33.6 Å². The van der Waals surface area contributed by atoms with Gasteiger partial charge in [-0.05, 0) is 55.2 Å². The fraction of sp³-hybridized carbons (Fsp3) is 0.375. The quantitative estimate of drug-likeness (QED) is 0.670. The smallest absolute Gasteiger partial charge is 0.274 e. The lowest BCUT2D eigenvalue weighted by Gasteiger charge is -2.34. The lowest BCUT2D eigenvalue weighted by atomic mass is 10.0. The van der Waals surface area contributed by atoms with E-state index in [0.717, 1.165) is 42.8 Å². The first-order valence-electron chi connectivity index (χ1n) is 10.4. The average molecular weight is 402 g/mol. The molecule has 6 nitrogen and oxygen atoms in total. The summed E-state index contributed by atoms with van der Waals surface area (Å²) in [5.41, 5.74) is 5.84. The summed E-state index contributed by atoms with van der Waals surface area (Å²) in [7, 11) is 1.71. The van der Waals surface area contributed by atoms with Gasteiger partial charge in [0.1, 0.15) is 11.4 Å². The second-order valence-corrected chi connectivity index (χ2v) is 8.35. The monoisotopic (exact) mass is 402 g/mol. The maximum atomic E-state index is 13.1. The summed E-state index contributed by atoms with van der Waals surface area (Å²) in [6.45, 7) is 6.85. The highest BCUT2D eigenvalue weighted by Crippen LogP contribution is 2.34. The number of hydrogen-bond acceptors (Lipinski definition) is 5. The summed E-state index contributed by atoms with van der Waals surface area (Å²) in [5.74, 6) is 0.935. The van der Waals surface area contributed by atoms with Crippen LogP contribution in [0.3, 0.4) is 0 Å². The summed E-state index contributed by atoms with van der Waals surface area (Å²) < 4.78 is 5.44. The molecule has 30 heavy (non-hydrogen) atoms. The maximum absolute atomic E-state index is 13.1. The highest BCUT2D eigenvalue weighted by Gasteiger charge is 2.45. The molecule has 0 aliphatic carbocycles. The fourth-order valence-electron chi connectivity index (χ4n) is 4.86. The van der Waals surface area contributed by atoms with E-state index in [1.165, 1.54) is 16.7 Å². The Morgan fingerprint density at radius 2 is 1.87 bits per heavy atom. The molecule has 154 valence electrons. The van der Waals surface area contributed by atoms with Crippen molar-refractivity contribution in [2.75, 3.05) is 20.2 Å². The molecular weight excluding hydrogens is 376 g/mol. The van der Waals surface area contributed by atoms with E-state index in [2.05, 4.69) is 40.8 Å². The molecule has 2 aliphatic heterocycles. The Morgan fingerprint density at radius 3 is 2.60 bits per heavy atom. The number of piperazine rings is 1. The Balaban J connectivity index is 1.29. The molecule has 2 aliphatic rings. The minimum absolute atomic E-state index is 0.00289. The van der Waals surface area contributed by atoms with E-state index in [4.69, 9.17) is 4.74 Å². The number of likely N-dealkylation sites (tertiary alicyclic amines) is 2. The number of aromatic nitrogens is 2. The Kier molecular flexibility index (Phi) is 4.66. The number of fused-ring (bicyclic) bond motifs is 3. The van der Waals surface area contributed by atoms with Crippen molar-refractivity contribution < 1.29 is 9.53 Å². The SMILES string of the molecule is COc1ccc(CN2C[C@@H]3C[C@H]2CN3C(=O)c2cnc3ccccc3n2)c(C)c1C. The van der Waals surface area contributed by atoms with Crippen LogP contribution in [0.5, 0.6) is 5.75 Å². The number of carbonyl (C=O) groups excluding carboxylic acids is 1. The number of methoxy groups -OCH3 is 1. The second kappa shape index (κ2) is 7.36. The molecule has 5 rings (SSSR count). The number of benzene rings is 2. The molecule has 1 aromatic heterocycles. The van der Waals surface area contributed by atoms with Gasteiger partial charge >= 0.3 is 0 Å². The molecule has 0 saturated carbocycles. The maximum Gasteiger partial charge on any atom is 0.274 e. The van der Waals surface area contributed by atoms with Crippen molar-refractivity contribution in [3.05, 3.63) is 65.0 Å². The van der Waals surface area contributed by atoms with Crippen LogP contribution in [0.2, 0.25) is 0 Å². The standard InChI is InChI=1S/C24H26N4O2/c1-15-16(2)23(30-3)9-8-17(15)12-27-13-19-10-18(27)14-28(19)24(29)22-11-25-20-6-4-5-7-21(20)26-22/h4-9,11,18-19H,10,12-14H2,1-3H3/t18-,19-/m0/s1. The predicted octanol–water partition coefficient (Wildman–Crippen LogP) is 3.35. The third-order valence-electron chi connectivity index (χ3n) is 6.73. The van der Waals surface area contributed by atoms with Gasteiger partial charge in [-0.1, -0.05) is 18.2 Å². The van der Waals surface area contributed by atoms with Crippen molar-refractivity contribution in [2.45, 2.75) is 38.9 Å². The second-order valence-electron chi connectivity index (χ2n) is 8.35. The molecule has 2 saturated heterocycles. The van der Waals surface area contributed by atoms with Crippen molar-refractivity contribution in [1.82, 2.24) is 19.8 Å². The van der Waals surface area contributed by atoms with Crippen LogP contribution in [-0.2, 0) is 6.54 Å². The van der Waals surface area contributed by atoms with Gasteiger partial charge in [0.2, 0.25) is 0 Å². The van der Waals surface area contributed by atoms with Gasteiger partial charge in [0.15, 0.2) is 0 Å². The van der Waals surface area contributed by atoms with Gasteiger partial charge in [0.05, 0.1) is 24.3 Å². The van der Waals surface area contributed by atoms with Gasteiger partial charge in [-0.15, -0.1) is 0 Å². The van der Waals surface area contributed by atoms with Gasteiger partial charge in [-0.2, -0.15) is 0 Å². The number of ether oxygens (including phenoxy) is 1. The van der Waals surface area contributed by atoms with Crippen molar-refractivity contribution in [1.29, 1.82) is 0 Å². The first kappa shape index (κ1) is 19.0. The van der Waals surface area contributed by atoms with Crippen LogP contribution >= 0.6 is 0 Å². The lowest BCUT2D eigenvalue weighted by molar-refractivity contribution is 0.0610. The topological polar surface area (TPSA) is 58.6 Å². The third-order valence-corrected chi connectivity index (χ3v) is 6.73. The molecule has 1 amide bonds. The molecule has 0 radical (unpaired) electrons. The number of amides is 1. The summed E-state index contributed by atoms with van der Waals surface area (Å²) in [6.07, 6.45) is 2.64. The average Bonchev–Trinajstić information content (AvgIpc) is 3.37. The fourth-order valence-corrected chi connectivity index (χ4v) is 4.86. The number of para-hydroxylation sites is 2. The van der Waals surface area contributed by atoms with Crippen molar-refractivity contribution in [3.63, 3.8) is 0 Å². The number of nitrogens with zero attached hydrogens (tertiary/aromatic N) is 4. The summed E-state index contributed by atoms with van der Waals surface area (Å²) >= 11 is 0. The van der Waals surface area contributed by atoms with Crippen LogP contribution < -0.4 is 4.74 Å². The normalized spacial score (nSPS) is 20.8. The molecule has 3 aromatic rings. The van der Waals surface area contributed by atoms with Crippen molar-refractivity contribution in [3.8, 4) is 5.75 Å². The Labute approximate surface area is 176 Å². The molecule has 2 bridgehead atoms. The largest absolute Gasteiger partial charge is 0.496 e. The molecule has 3 heterocycles. The van der Waals surface area contributed by atoms with Crippen LogP contribution in [0.4, 0.5) is 0 Å².